The van der Waals surface area contributed by atoms with Crippen LogP contribution in [-0.2, 0) is 4.79 Å². The summed E-state index contributed by atoms with van der Waals surface area (Å²) < 4.78 is 0. The Morgan fingerprint density at radius 1 is 1.05 bits per heavy atom. The topological polar surface area (TPSA) is 103 Å². The molecule has 2 aromatic carbocycles. The van der Waals surface area contributed by atoms with Crippen molar-refractivity contribution in [1.29, 1.82) is 0 Å². The molecule has 0 spiro atoms. The van der Waals surface area contributed by atoms with E-state index in [2.05, 4.69) is 44.3 Å². The number of nitrogens with zero attached hydrogens (tertiary/aromatic N) is 3. The summed E-state index contributed by atoms with van der Waals surface area (Å²) in [5, 5.41) is 6.02. The molecule has 8 nitrogen and oxygen atoms in total. The van der Waals surface area contributed by atoms with Gasteiger partial charge in [-0.3, -0.25) is 14.6 Å². The molecular weight excluding hydrogens is 496 g/mol. The van der Waals surface area contributed by atoms with Gasteiger partial charge in [-0.25, -0.2) is 4.98 Å². The molecule has 3 N–H and O–H groups in total. The minimum absolute atomic E-state index is 0.113. The Kier molecular flexibility index (Phi) is 8.81. The number of aromatic amines is 1. The number of carbonyl (C=O) groups is 2. The highest BCUT2D eigenvalue weighted by Crippen LogP contribution is 2.22. The molecule has 0 radical (unpaired) electrons. The van der Waals surface area contributed by atoms with Crippen LogP contribution in [0, 0.1) is 5.41 Å². The number of benzene rings is 2. The van der Waals surface area contributed by atoms with Gasteiger partial charge >= 0.3 is 0 Å². The summed E-state index contributed by atoms with van der Waals surface area (Å²) in [7, 11) is 4.03. The zero-order chi connectivity index (χ0) is 27.1. The fourth-order valence-corrected chi connectivity index (χ4v) is 5.22. The van der Waals surface area contributed by atoms with Crippen molar-refractivity contribution in [3.63, 3.8) is 0 Å². The average Bonchev–Trinajstić information content (AvgIpc) is 3.33. The second-order valence-electron chi connectivity index (χ2n) is 10.3. The largest absolute Gasteiger partial charge is 0.354 e. The number of pyridine rings is 1. The first-order valence-corrected chi connectivity index (χ1v) is 13.5. The summed E-state index contributed by atoms with van der Waals surface area (Å²) in [6.45, 7) is 5.55. The Labute approximate surface area is 227 Å². The highest BCUT2D eigenvalue weighted by molar-refractivity contribution is 7.99. The molecular formula is C29H34N6O2S. The molecule has 0 aliphatic heterocycles. The van der Waals surface area contributed by atoms with Gasteiger partial charge in [0.15, 0.2) is 0 Å². The fraction of sp³-hybridized carbons (Fsp3) is 0.310. The number of aromatic nitrogens is 3. The van der Waals surface area contributed by atoms with Crippen LogP contribution in [0.4, 0.5) is 0 Å². The second-order valence-corrected chi connectivity index (χ2v) is 11.4. The number of imidazole rings is 1. The zero-order valence-electron chi connectivity index (χ0n) is 22.2. The van der Waals surface area contributed by atoms with Crippen molar-refractivity contribution in [2.75, 3.05) is 32.9 Å². The van der Waals surface area contributed by atoms with Gasteiger partial charge in [0.2, 0.25) is 5.91 Å². The lowest BCUT2D eigenvalue weighted by molar-refractivity contribution is -0.122. The van der Waals surface area contributed by atoms with Gasteiger partial charge in [0, 0.05) is 47.3 Å². The van der Waals surface area contributed by atoms with Crippen LogP contribution in [0.25, 0.3) is 22.4 Å². The minimum atomic E-state index is -0.701. The summed E-state index contributed by atoms with van der Waals surface area (Å²) in [4.78, 5) is 41.6. The van der Waals surface area contributed by atoms with E-state index in [4.69, 9.17) is 0 Å². The number of thioether (sulfide) groups is 1. The van der Waals surface area contributed by atoms with Crippen LogP contribution in [-0.4, -0.2) is 70.6 Å². The molecule has 1 atom stereocenters. The Bertz CT molecular complexity index is 1370. The third kappa shape index (κ3) is 7.43. The minimum Gasteiger partial charge on any atom is -0.354 e. The summed E-state index contributed by atoms with van der Waals surface area (Å²) >= 11 is 1.54. The van der Waals surface area contributed by atoms with E-state index < -0.39 is 6.04 Å². The predicted octanol–water partition coefficient (Wildman–Crippen LogP) is 4.22. The molecule has 2 heterocycles. The summed E-state index contributed by atoms with van der Waals surface area (Å²) in [5.41, 5.74) is 2.75. The maximum atomic E-state index is 13.3. The monoisotopic (exact) mass is 530 g/mol. The van der Waals surface area contributed by atoms with Crippen molar-refractivity contribution in [2.45, 2.75) is 24.8 Å². The van der Waals surface area contributed by atoms with Crippen molar-refractivity contribution in [1.82, 2.24) is 30.5 Å². The van der Waals surface area contributed by atoms with Crippen LogP contribution < -0.4 is 10.6 Å². The molecule has 198 valence electrons. The van der Waals surface area contributed by atoms with Crippen LogP contribution in [0.2, 0.25) is 0 Å². The number of carbonyl (C=O) groups excluding carboxylic acids is 2. The number of nitrogens with one attached hydrogen (secondary N) is 3. The smallest absolute Gasteiger partial charge is 0.252 e. The van der Waals surface area contributed by atoms with Crippen LogP contribution in [0.5, 0.6) is 0 Å². The molecule has 1 unspecified atom stereocenters. The lowest BCUT2D eigenvalue weighted by Crippen LogP contribution is -2.51. The quantitative estimate of drug-likeness (QED) is 0.251. The first-order chi connectivity index (χ1) is 18.2. The average molecular weight is 531 g/mol. The lowest BCUT2D eigenvalue weighted by atomic mass is 9.93. The number of rotatable bonds is 11. The maximum absolute atomic E-state index is 13.3. The third-order valence-electron chi connectivity index (χ3n) is 5.96. The SMILES string of the molecule is CN(C)CC(C)(C)CNC(=O)C(CSc1ccccc1)NC(=O)c1ccc2nc(-c3ccncc3)[nH]c2c1. The summed E-state index contributed by atoms with van der Waals surface area (Å²) in [5.74, 6) is 0.607. The molecule has 0 aliphatic carbocycles. The molecule has 2 aromatic heterocycles. The van der Waals surface area contributed by atoms with E-state index in [0.717, 1.165) is 28.0 Å². The van der Waals surface area contributed by atoms with Crippen molar-refractivity contribution >= 4 is 34.6 Å². The van der Waals surface area contributed by atoms with Crippen LogP contribution in [0.1, 0.15) is 24.2 Å². The van der Waals surface area contributed by atoms with Gasteiger partial charge < -0.3 is 20.5 Å². The predicted molar refractivity (Wildman–Crippen MR) is 153 cm³/mol. The van der Waals surface area contributed by atoms with E-state index >= 15 is 0 Å². The molecule has 0 saturated carbocycles. The van der Waals surface area contributed by atoms with Crippen molar-refractivity contribution in [2.24, 2.45) is 5.41 Å². The van der Waals surface area contributed by atoms with Gasteiger partial charge in [0.05, 0.1) is 11.0 Å². The Morgan fingerprint density at radius 3 is 2.50 bits per heavy atom. The van der Waals surface area contributed by atoms with Crippen LogP contribution in [0.3, 0.4) is 0 Å². The molecule has 0 fully saturated rings. The van der Waals surface area contributed by atoms with Gasteiger partial charge in [0.1, 0.15) is 11.9 Å². The number of H-pyrrole nitrogens is 1. The number of hydrogen-bond donors (Lipinski definition) is 3. The van der Waals surface area contributed by atoms with Crippen LogP contribution in [0.15, 0.2) is 78.0 Å². The molecule has 2 amide bonds. The first kappa shape index (κ1) is 27.3. The number of amides is 2. The van der Waals surface area contributed by atoms with Crippen molar-refractivity contribution < 1.29 is 9.59 Å². The summed E-state index contributed by atoms with van der Waals surface area (Å²) in [6, 6.07) is 18.2. The van der Waals surface area contributed by atoms with Crippen molar-refractivity contribution in [3.8, 4) is 11.4 Å². The van der Waals surface area contributed by atoms with Gasteiger partial charge in [-0.15, -0.1) is 11.8 Å². The molecule has 38 heavy (non-hydrogen) atoms. The third-order valence-corrected chi connectivity index (χ3v) is 7.07. The Balaban J connectivity index is 1.49. The fourth-order valence-electron chi connectivity index (χ4n) is 4.28. The van der Waals surface area contributed by atoms with E-state index in [1.54, 1.807) is 24.5 Å². The Morgan fingerprint density at radius 2 is 1.79 bits per heavy atom. The zero-order valence-corrected chi connectivity index (χ0v) is 23.0. The molecule has 0 saturated heterocycles. The maximum Gasteiger partial charge on any atom is 0.252 e. The number of hydrogen-bond acceptors (Lipinski definition) is 6. The second kappa shape index (κ2) is 12.2. The van der Waals surface area contributed by atoms with E-state index in [-0.39, 0.29) is 17.2 Å². The normalized spacial score (nSPS) is 12.4. The first-order valence-electron chi connectivity index (χ1n) is 12.5. The van der Waals surface area contributed by atoms with Gasteiger partial charge in [-0.2, -0.15) is 0 Å². The van der Waals surface area contributed by atoms with Gasteiger partial charge in [0.25, 0.3) is 5.91 Å². The lowest BCUT2D eigenvalue weighted by Gasteiger charge is -2.29. The van der Waals surface area contributed by atoms with Gasteiger partial charge in [-0.05, 0) is 62.0 Å². The number of fused-ring (bicyclic) bond motifs is 1. The molecule has 4 rings (SSSR count). The summed E-state index contributed by atoms with van der Waals surface area (Å²) in [6.07, 6.45) is 3.42. The molecule has 0 aliphatic rings. The van der Waals surface area contributed by atoms with E-state index in [1.165, 1.54) is 11.8 Å². The standard InChI is InChI=1S/C29H34N6O2S/c1-29(2,19-35(3)4)18-31-28(37)25(17-38-22-8-6-5-7-9-22)34-27(36)21-10-11-23-24(16-21)33-26(32-23)20-12-14-30-15-13-20/h5-16,25H,17-19H2,1-4H3,(H,31,37)(H,32,33)(H,34,36). The van der Waals surface area contributed by atoms with E-state index in [9.17, 15) is 9.59 Å². The molecule has 4 aromatic rings. The van der Waals surface area contributed by atoms with Crippen molar-refractivity contribution in [3.05, 3.63) is 78.6 Å². The van der Waals surface area contributed by atoms with Gasteiger partial charge in [-0.1, -0.05) is 32.0 Å². The van der Waals surface area contributed by atoms with E-state index in [0.29, 0.717) is 23.7 Å². The van der Waals surface area contributed by atoms with Crippen LogP contribution >= 0.6 is 11.8 Å². The van der Waals surface area contributed by atoms with E-state index in [1.807, 2.05) is 62.6 Å². The molecule has 0 bridgehead atoms. The molecule has 9 heteroatoms. The Hall–Kier alpha value is -3.69. The highest BCUT2D eigenvalue weighted by Gasteiger charge is 2.25. The highest BCUT2D eigenvalue weighted by atomic mass is 32.2.